The van der Waals surface area contributed by atoms with E-state index in [4.69, 9.17) is 9.47 Å². The largest absolute Gasteiger partial charge is 0.458 e. The number of nitrogens with one attached hydrogen (secondary N) is 1. The zero-order chi connectivity index (χ0) is 20.3. The van der Waals surface area contributed by atoms with Crippen LogP contribution >= 0.6 is 0 Å². The monoisotopic (exact) mass is 377 g/mol. The quantitative estimate of drug-likeness (QED) is 0.627. The number of esters is 2. The first-order chi connectivity index (χ1) is 12.4. The van der Waals surface area contributed by atoms with Crippen molar-refractivity contribution in [2.75, 3.05) is 13.1 Å². The number of likely N-dealkylation sites (tertiary alicyclic amines) is 1. The summed E-state index contributed by atoms with van der Waals surface area (Å²) < 4.78 is 11.2. The molecule has 7 heteroatoms. The van der Waals surface area contributed by atoms with Gasteiger partial charge in [0.25, 0.3) is 0 Å². The van der Waals surface area contributed by atoms with Gasteiger partial charge in [0.2, 0.25) is 5.54 Å². The molecule has 0 aromatic carbocycles. The fourth-order valence-electron chi connectivity index (χ4n) is 3.06. The number of aromatic nitrogens is 2. The first-order valence-electron chi connectivity index (χ1n) is 9.31. The maximum absolute atomic E-state index is 13.1. The fraction of sp³-hybridized carbons (Fsp3) is 0.650. The van der Waals surface area contributed by atoms with Gasteiger partial charge in [-0.2, -0.15) is 0 Å². The molecule has 7 nitrogen and oxygen atoms in total. The Kier molecular flexibility index (Phi) is 6.14. The summed E-state index contributed by atoms with van der Waals surface area (Å²) in [4.78, 5) is 35.0. The van der Waals surface area contributed by atoms with E-state index in [1.807, 2.05) is 17.1 Å². The topological polar surface area (TPSA) is 84.5 Å². The van der Waals surface area contributed by atoms with Crippen molar-refractivity contribution in [1.82, 2.24) is 14.9 Å². The van der Waals surface area contributed by atoms with Gasteiger partial charge in [-0.1, -0.05) is 6.08 Å². The zero-order valence-electron chi connectivity index (χ0n) is 17.2. The Morgan fingerprint density at radius 2 is 1.78 bits per heavy atom. The van der Waals surface area contributed by atoms with Crippen molar-refractivity contribution in [3.8, 4) is 0 Å². The van der Waals surface area contributed by atoms with E-state index in [1.165, 1.54) is 0 Å². The highest BCUT2D eigenvalue weighted by atomic mass is 16.6. The second-order valence-corrected chi connectivity index (χ2v) is 8.82. The van der Waals surface area contributed by atoms with Crippen molar-refractivity contribution in [3.05, 3.63) is 24.3 Å². The molecule has 0 bridgehead atoms. The summed E-state index contributed by atoms with van der Waals surface area (Å²) >= 11 is 0. The predicted molar refractivity (Wildman–Crippen MR) is 103 cm³/mol. The number of carbonyl (C=O) groups excluding carboxylic acids is 2. The van der Waals surface area contributed by atoms with Gasteiger partial charge < -0.3 is 14.5 Å². The maximum atomic E-state index is 13.1. The molecule has 1 saturated heterocycles. The van der Waals surface area contributed by atoms with Crippen molar-refractivity contribution in [2.45, 2.75) is 71.1 Å². The summed E-state index contributed by atoms with van der Waals surface area (Å²) in [5.41, 5.74) is -1.94. The molecule has 27 heavy (non-hydrogen) atoms. The molecule has 1 N–H and O–H groups in total. The van der Waals surface area contributed by atoms with Crippen LogP contribution in [0.4, 0.5) is 0 Å². The van der Waals surface area contributed by atoms with Gasteiger partial charge in [0.1, 0.15) is 11.2 Å². The molecule has 1 fully saturated rings. The van der Waals surface area contributed by atoms with Crippen LogP contribution in [0.1, 0.15) is 60.1 Å². The molecule has 0 spiro atoms. The van der Waals surface area contributed by atoms with Crippen LogP contribution in [0.2, 0.25) is 0 Å². The Morgan fingerprint density at radius 3 is 2.26 bits per heavy atom. The zero-order valence-corrected chi connectivity index (χ0v) is 17.2. The number of ether oxygens (including phenoxy) is 2. The van der Waals surface area contributed by atoms with Crippen molar-refractivity contribution >= 4 is 18.0 Å². The third-order valence-electron chi connectivity index (χ3n) is 4.12. The molecule has 0 atom stereocenters. The van der Waals surface area contributed by atoms with E-state index in [-0.39, 0.29) is 0 Å². The molecular formula is C20H31N3O4. The Morgan fingerprint density at radius 1 is 1.19 bits per heavy atom. The van der Waals surface area contributed by atoms with Crippen LogP contribution in [0.15, 0.2) is 18.6 Å². The van der Waals surface area contributed by atoms with E-state index in [0.29, 0.717) is 19.5 Å². The van der Waals surface area contributed by atoms with E-state index in [0.717, 1.165) is 12.1 Å². The van der Waals surface area contributed by atoms with Gasteiger partial charge in [-0.05, 0) is 60.5 Å². The molecule has 2 heterocycles. The van der Waals surface area contributed by atoms with Crippen LogP contribution in [0.5, 0.6) is 0 Å². The standard InChI is InChI=1S/C20H31N3O4/c1-18(2,3)26-16(24)20(17(25)27-19(4,5)6)10-8-12-23(20)11-7-9-15-13-21-14-22-15/h7,9,13-14H,8,10-12H2,1-6H3,(H,21,22). The minimum Gasteiger partial charge on any atom is -0.458 e. The summed E-state index contributed by atoms with van der Waals surface area (Å²) in [7, 11) is 0. The van der Waals surface area contributed by atoms with E-state index in [1.54, 1.807) is 54.1 Å². The van der Waals surface area contributed by atoms with Crippen LogP contribution in [0.25, 0.3) is 6.08 Å². The molecule has 150 valence electrons. The summed E-state index contributed by atoms with van der Waals surface area (Å²) in [5.74, 6) is -1.09. The SMILES string of the molecule is CC(C)(C)OC(=O)C1(C(=O)OC(C)(C)C)CCCN1CC=Cc1cnc[nH]1. The number of nitrogens with zero attached hydrogens (tertiary/aromatic N) is 2. The van der Waals surface area contributed by atoms with Gasteiger partial charge in [0.15, 0.2) is 0 Å². The first kappa shape index (κ1) is 21.2. The Bertz CT molecular complexity index is 653. The molecule has 0 amide bonds. The molecule has 0 saturated carbocycles. The average Bonchev–Trinajstić information content (AvgIpc) is 3.13. The van der Waals surface area contributed by atoms with Gasteiger partial charge in [-0.25, -0.2) is 14.6 Å². The first-order valence-corrected chi connectivity index (χ1v) is 9.31. The van der Waals surface area contributed by atoms with Gasteiger partial charge in [0, 0.05) is 13.1 Å². The number of aromatic amines is 1. The lowest BCUT2D eigenvalue weighted by atomic mass is 9.95. The number of hydrogen-bond donors (Lipinski definition) is 1. The Hall–Kier alpha value is -2.15. The number of hydrogen-bond acceptors (Lipinski definition) is 6. The second-order valence-electron chi connectivity index (χ2n) is 8.82. The van der Waals surface area contributed by atoms with E-state index in [2.05, 4.69) is 9.97 Å². The molecule has 1 aromatic rings. The van der Waals surface area contributed by atoms with Crippen LogP contribution in [-0.2, 0) is 19.1 Å². The van der Waals surface area contributed by atoms with Crippen LogP contribution in [-0.4, -0.2) is 56.6 Å². The van der Waals surface area contributed by atoms with Crippen LogP contribution in [0, 0.1) is 0 Å². The lowest BCUT2D eigenvalue weighted by Gasteiger charge is -2.37. The average molecular weight is 377 g/mol. The minimum absolute atomic E-state index is 0.384. The summed E-state index contributed by atoms with van der Waals surface area (Å²) in [6.07, 6.45) is 8.18. The minimum atomic E-state index is -1.42. The highest BCUT2D eigenvalue weighted by Crippen LogP contribution is 2.34. The molecule has 1 aliphatic heterocycles. The molecule has 0 radical (unpaired) electrons. The number of H-pyrrole nitrogens is 1. The smallest absolute Gasteiger partial charge is 0.338 e. The van der Waals surface area contributed by atoms with Crippen LogP contribution < -0.4 is 0 Å². The molecule has 0 aliphatic carbocycles. The van der Waals surface area contributed by atoms with Crippen molar-refractivity contribution in [2.24, 2.45) is 0 Å². The van der Waals surface area contributed by atoms with Gasteiger partial charge in [-0.15, -0.1) is 0 Å². The molecule has 2 rings (SSSR count). The van der Waals surface area contributed by atoms with Crippen LogP contribution in [0.3, 0.4) is 0 Å². The summed E-state index contributed by atoms with van der Waals surface area (Å²) in [6.45, 7) is 11.8. The lowest BCUT2D eigenvalue weighted by Crippen LogP contribution is -2.60. The van der Waals surface area contributed by atoms with Crippen molar-refractivity contribution in [1.29, 1.82) is 0 Å². The van der Waals surface area contributed by atoms with E-state index >= 15 is 0 Å². The normalized spacial score (nSPS) is 18.0. The summed E-state index contributed by atoms with van der Waals surface area (Å²) in [6, 6.07) is 0. The van der Waals surface area contributed by atoms with Gasteiger partial charge in [0.05, 0.1) is 18.2 Å². The molecular weight excluding hydrogens is 346 g/mol. The summed E-state index contributed by atoms with van der Waals surface area (Å²) in [5, 5.41) is 0. The van der Waals surface area contributed by atoms with Gasteiger partial charge >= 0.3 is 11.9 Å². The lowest BCUT2D eigenvalue weighted by molar-refractivity contribution is -0.185. The highest BCUT2D eigenvalue weighted by molar-refractivity contribution is 6.05. The number of carbonyl (C=O) groups is 2. The third-order valence-corrected chi connectivity index (χ3v) is 4.12. The second kappa shape index (κ2) is 7.84. The molecule has 1 aliphatic rings. The highest BCUT2D eigenvalue weighted by Gasteiger charge is 2.57. The third kappa shape index (κ3) is 5.42. The Balaban J connectivity index is 2.28. The fourth-order valence-corrected chi connectivity index (χ4v) is 3.06. The van der Waals surface area contributed by atoms with Gasteiger partial charge in [-0.3, -0.25) is 4.90 Å². The number of imidazole rings is 1. The van der Waals surface area contributed by atoms with Crippen molar-refractivity contribution < 1.29 is 19.1 Å². The molecule has 0 unspecified atom stereocenters. The maximum Gasteiger partial charge on any atom is 0.338 e. The van der Waals surface area contributed by atoms with Crippen molar-refractivity contribution in [3.63, 3.8) is 0 Å². The van der Waals surface area contributed by atoms with E-state index < -0.39 is 28.7 Å². The number of rotatable bonds is 5. The predicted octanol–water partition coefficient (Wildman–Crippen LogP) is 2.94. The molecule has 1 aromatic heterocycles. The van der Waals surface area contributed by atoms with E-state index in [9.17, 15) is 9.59 Å². The Labute approximate surface area is 161 Å².